The minimum absolute atomic E-state index is 0.166. The van der Waals surface area contributed by atoms with Gasteiger partial charge in [0.25, 0.3) is 0 Å². The molecular weight excluding hydrogens is 274 g/mol. The number of nitrogens with zero attached hydrogens (tertiary/aromatic N) is 2. The van der Waals surface area contributed by atoms with E-state index in [1.165, 1.54) is 0 Å². The normalized spacial score (nSPS) is 27.7. The maximum absolute atomic E-state index is 10.9. The highest BCUT2D eigenvalue weighted by molar-refractivity contribution is 5.78. The van der Waals surface area contributed by atoms with E-state index >= 15 is 0 Å². The standard InChI is InChI=1S/C18H25N3O/c1-13-8-9-18(22,11-17(13,2)3)12-20-16-19-10-14-6-4-5-7-15(14)21-16/h4-7,10,13,22H,8-9,11-12H2,1-3H3,(H,19,20,21). The fourth-order valence-electron chi connectivity index (χ4n) is 3.44. The van der Waals surface area contributed by atoms with Crippen LogP contribution in [0.3, 0.4) is 0 Å². The van der Waals surface area contributed by atoms with Crippen LogP contribution in [0.25, 0.3) is 10.9 Å². The van der Waals surface area contributed by atoms with Gasteiger partial charge >= 0.3 is 0 Å². The molecule has 1 aliphatic carbocycles. The highest BCUT2D eigenvalue weighted by atomic mass is 16.3. The maximum atomic E-state index is 10.9. The second-order valence-corrected chi connectivity index (χ2v) is 7.44. The van der Waals surface area contributed by atoms with Gasteiger partial charge in [0.1, 0.15) is 0 Å². The molecule has 0 radical (unpaired) electrons. The molecule has 0 spiro atoms. The Morgan fingerprint density at radius 1 is 1.32 bits per heavy atom. The first kappa shape index (κ1) is 15.2. The van der Waals surface area contributed by atoms with Gasteiger partial charge in [0.05, 0.1) is 11.1 Å². The van der Waals surface area contributed by atoms with Crippen LogP contribution in [0.4, 0.5) is 5.95 Å². The number of para-hydroxylation sites is 1. The third-order valence-corrected chi connectivity index (χ3v) is 5.23. The summed E-state index contributed by atoms with van der Waals surface area (Å²) in [4.78, 5) is 8.85. The van der Waals surface area contributed by atoms with Crippen molar-refractivity contribution in [1.29, 1.82) is 0 Å². The molecule has 0 aliphatic heterocycles. The SMILES string of the molecule is CC1CCC(O)(CNc2ncc3ccccc3n2)CC1(C)C. The fraction of sp³-hybridized carbons (Fsp3) is 0.556. The Balaban J connectivity index is 1.70. The smallest absolute Gasteiger partial charge is 0.223 e. The number of rotatable bonds is 3. The predicted octanol–water partition coefficient (Wildman–Crippen LogP) is 3.62. The van der Waals surface area contributed by atoms with Gasteiger partial charge < -0.3 is 10.4 Å². The van der Waals surface area contributed by atoms with Gasteiger partial charge in [-0.3, -0.25) is 0 Å². The number of hydrogen-bond acceptors (Lipinski definition) is 4. The van der Waals surface area contributed by atoms with E-state index in [2.05, 4.69) is 36.1 Å². The molecule has 4 nitrogen and oxygen atoms in total. The number of nitrogens with one attached hydrogen (secondary N) is 1. The first-order valence-corrected chi connectivity index (χ1v) is 8.06. The minimum Gasteiger partial charge on any atom is -0.388 e. The van der Waals surface area contributed by atoms with Crippen molar-refractivity contribution in [3.8, 4) is 0 Å². The maximum Gasteiger partial charge on any atom is 0.223 e. The number of hydrogen-bond donors (Lipinski definition) is 2. The lowest BCUT2D eigenvalue weighted by molar-refractivity contribution is -0.0512. The Morgan fingerprint density at radius 2 is 2.09 bits per heavy atom. The van der Waals surface area contributed by atoms with Gasteiger partial charge in [-0.2, -0.15) is 0 Å². The highest BCUT2D eigenvalue weighted by Crippen LogP contribution is 2.44. The highest BCUT2D eigenvalue weighted by Gasteiger charge is 2.42. The Hall–Kier alpha value is -1.68. The Bertz CT molecular complexity index is 670. The Labute approximate surface area is 132 Å². The molecule has 118 valence electrons. The van der Waals surface area contributed by atoms with E-state index in [9.17, 15) is 5.11 Å². The van der Waals surface area contributed by atoms with Crippen LogP contribution in [-0.2, 0) is 0 Å². The molecule has 1 aliphatic rings. The molecule has 0 saturated heterocycles. The second kappa shape index (κ2) is 5.51. The average molecular weight is 299 g/mol. The number of fused-ring (bicyclic) bond motifs is 1. The van der Waals surface area contributed by atoms with Gasteiger partial charge in [0.2, 0.25) is 5.95 Å². The topological polar surface area (TPSA) is 58.0 Å². The number of aromatic nitrogens is 2. The van der Waals surface area contributed by atoms with E-state index in [1.54, 1.807) is 0 Å². The summed E-state index contributed by atoms with van der Waals surface area (Å²) in [5.41, 5.74) is 0.411. The van der Waals surface area contributed by atoms with E-state index in [1.807, 2.05) is 30.5 Å². The van der Waals surface area contributed by atoms with Crippen LogP contribution in [0.1, 0.15) is 40.0 Å². The van der Waals surface area contributed by atoms with E-state index in [-0.39, 0.29) is 5.41 Å². The van der Waals surface area contributed by atoms with Crippen molar-refractivity contribution in [2.45, 2.75) is 45.6 Å². The molecule has 2 unspecified atom stereocenters. The molecule has 4 heteroatoms. The molecule has 0 amide bonds. The van der Waals surface area contributed by atoms with Crippen molar-refractivity contribution in [1.82, 2.24) is 9.97 Å². The summed E-state index contributed by atoms with van der Waals surface area (Å²) in [6, 6.07) is 7.92. The lowest BCUT2D eigenvalue weighted by Crippen LogP contribution is -2.47. The van der Waals surface area contributed by atoms with E-state index < -0.39 is 5.60 Å². The molecule has 2 N–H and O–H groups in total. The monoisotopic (exact) mass is 299 g/mol. The summed E-state index contributed by atoms with van der Waals surface area (Å²) in [5, 5.41) is 15.1. The van der Waals surface area contributed by atoms with Crippen molar-refractivity contribution < 1.29 is 5.11 Å². The molecule has 2 aromatic rings. The predicted molar refractivity (Wildman–Crippen MR) is 89.8 cm³/mol. The van der Waals surface area contributed by atoms with Gasteiger partial charge in [-0.25, -0.2) is 9.97 Å². The van der Waals surface area contributed by atoms with Crippen LogP contribution in [0.2, 0.25) is 0 Å². The summed E-state index contributed by atoms with van der Waals surface area (Å²) in [5.74, 6) is 1.23. The second-order valence-electron chi connectivity index (χ2n) is 7.44. The van der Waals surface area contributed by atoms with Crippen LogP contribution in [-0.4, -0.2) is 27.2 Å². The zero-order chi connectivity index (χ0) is 15.8. The third-order valence-electron chi connectivity index (χ3n) is 5.23. The lowest BCUT2D eigenvalue weighted by atomic mass is 9.64. The number of anilines is 1. The molecule has 1 heterocycles. The van der Waals surface area contributed by atoms with Gasteiger partial charge in [-0.05, 0) is 36.7 Å². The summed E-state index contributed by atoms with van der Waals surface area (Å²) in [7, 11) is 0. The first-order chi connectivity index (χ1) is 10.4. The van der Waals surface area contributed by atoms with Gasteiger partial charge in [0.15, 0.2) is 0 Å². The molecule has 1 saturated carbocycles. The van der Waals surface area contributed by atoms with Crippen LogP contribution in [0.15, 0.2) is 30.5 Å². The van der Waals surface area contributed by atoms with Crippen LogP contribution in [0, 0.1) is 11.3 Å². The molecule has 0 bridgehead atoms. The largest absolute Gasteiger partial charge is 0.388 e. The molecular formula is C18H25N3O. The van der Waals surface area contributed by atoms with Crippen molar-refractivity contribution in [3.05, 3.63) is 30.5 Å². The molecule has 22 heavy (non-hydrogen) atoms. The van der Waals surface area contributed by atoms with Crippen molar-refractivity contribution in [2.75, 3.05) is 11.9 Å². The zero-order valence-corrected chi connectivity index (χ0v) is 13.6. The number of aliphatic hydroxyl groups is 1. The van der Waals surface area contributed by atoms with Gasteiger partial charge in [-0.15, -0.1) is 0 Å². The molecule has 1 aromatic carbocycles. The molecule has 3 rings (SSSR count). The van der Waals surface area contributed by atoms with E-state index in [4.69, 9.17) is 0 Å². The summed E-state index contributed by atoms with van der Waals surface area (Å²) in [6.07, 6.45) is 4.52. The minimum atomic E-state index is -0.676. The van der Waals surface area contributed by atoms with E-state index in [0.29, 0.717) is 18.4 Å². The average Bonchev–Trinajstić information content (AvgIpc) is 2.49. The number of benzene rings is 1. The Morgan fingerprint density at radius 3 is 2.86 bits per heavy atom. The summed E-state index contributed by atoms with van der Waals surface area (Å²) < 4.78 is 0. The first-order valence-electron chi connectivity index (χ1n) is 8.06. The zero-order valence-electron chi connectivity index (χ0n) is 13.6. The van der Waals surface area contributed by atoms with Crippen LogP contribution < -0.4 is 5.32 Å². The quantitative estimate of drug-likeness (QED) is 0.909. The van der Waals surface area contributed by atoms with Crippen molar-refractivity contribution in [3.63, 3.8) is 0 Å². The fourth-order valence-corrected chi connectivity index (χ4v) is 3.44. The third kappa shape index (κ3) is 3.07. The van der Waals surface area contributed by atoms with Crippen molar-refractivity contribution in [2.24, 2.45) is 11.3 Å². The molecule has 1 fully saturated rings. The van der Waals surface area contributed by atoms with E-state index in [0.717, 1.165) is 30.2 Å². The summed E-state index contributed by atoms with van der Waals surface area (Å²) >= 11 is 0. The molecule has 1 aromatic heterocycles. The van der Waals surface area contributed by atoms with Crippen LogP contribution >= 0.6 is 0 Å². The molecule has 2 atom stereocenters. The van der Waals surface area contributed by atoms with Crippen LogP contribution in [0.5, 0.6) is 0 Å². The Kier molecular flexibility index (Phi) is 3.81. The lowest BCUT2D eigenvalue weighted by Gasteiger charge is -2.45. The van der Waals surface area contributed by atoms with Gasteiger partial charge in [-0.1, -0.05) is 39.0 Å². The summed E-state index contributed by atoms with van der Waals surface area (Å²) in [6.45, 7) is 7.27. The van der Waals surface area contributed by atoms with Gasteiger partial charge in [0, 0.05) is 18.1 Å². The van der Waals surface area contributed by atoms with Crippen molar-refractivity contribution >= 4 is 16.9 Å².